The van der Waals surface area contributed by atoms with Crippen molar-refractivity contribution < 1.29 is 0 Å². The number of hydrogen-bond donors (Lipinski definition) is 2. The molecular formula is C37H28N4. The van der Waals surface area contributed by atoms with Crippen LogP contribution in [0.4, 0.5) is 0 Å². The topological polar surface area (TPSA) is 56.8 Å². The molecule has 0 spiro atoms. The predicted molar refractivity (Wildman–Crippen MR) is 174 cm³/mol. The van der Waals surface area contributed by atoms with E-state index >= 15 is 0 Å². The van der Waals surface area contributed by atoms with Gasteiger partial charge in [-0.15, -0.1) is 0 Å². The molecule has 0 unspecified atom stereocenters. The molecule has 0 radical (unpaired) electrons. The van der Waals surface area contributed by atoms with Gasteiger partial charge in [-0.1, -0.05) is 30.9 Å². The lowest BCUT2D eigenvalue weighted by molar-refractivity contribution is 0.946. The third-order valence-corrected chi connectivity index (χ3v) is 8.40. The first-order valence-electron chi connectivity index (χ1n) is 14.1. The van der Waals surface area contributed by atoms with Gasteiger partial charge >= 0.3 is 0 Å². The number of pyridine rings is 1. The summed E-state index contributed by atoms with van der Waals surface area (Å²) < 4.78 is 0. The first-order chi connectivity index (χ1) is 20.2. The van der Waals surface area contributed by atoms with E-state index in [1.54, 1.807) is 6.08 Å². The van der Waals surface area contributed by atoms with E-state index in [4.69, 9.17) is 0 Å². The zero-order chi connectivity index (χ0) is 27.5. The van der Waals surface area contributed by atoms with Crippen molar-refractivity contribution in [1.29, 1.82) is 0 Å². The highest BCUT2D eigenvalue weighted by Crippen LogP contribution is 2.41. The summed E-state index contributed by atoms with van der Waals surface area (Å²) in [5.41, 5.74) is 14.2. The third-order valence-electron chi connectivity index (χ3n) is 8.40. The van der Waals surface area contributed by atoms with E-state index in [1.165, 1.54) is 49.3 Å². The number of benzene rings is 4. The second kappa shape index (κ2) is 9.17. The number of nitrogens with one attached hydrogen (secondary N) is 2. The highest BCUT2D eigenvalue weighted by molar-refractivity contribution is 6.12. The smallest absolute Gasteiger partial charge is 0.0702 e. The van der Waals surface area contributed by atoms with E-state index in [9.17, 15) is 0 Å². The molecule has 7 aromatic rings. The van der Waals surface area contributed by atoms with Crippen LogP contribution in [0.15, 0.2) is 109 Å². The first-order valence-corrected chi connectivity index (χ1v) is 14.1. The summed E-state index contributed by atoms with van der Waals surface area (Å²) in [6.07, 6.45) is 9.48. The Bertz CT molecular complexity index is 2220. The van der Waals surface area contributed by atoms with Gasteiger partial charge in [0.1, 0.15) is 0 Å². The van der Waals surface area contributed by atoms with Crippen molar-refractivity contribution in [2.45, 2.75) is 19.8 Å². The molecular weight excluding hydrogens is 500 g/mol. The molecule has 3 heterocycles. The summed E-state index contributed by atoms with van der Waals surface area (Å²) in [5.74, 6) is 0. The van der Waals surface area contributed by atoms with Crippen LogP contribution in [0.25, 0.3) is 71.7 Å². The summed E-state index contributed by atoms with van der Waals surface area (Å²) in [4.78, 5) is 16.5. The van der Waals surface area contributed by atoms with E-state index in [0.717, 1.165) is 51.9 Å². The second-order valence-electron chi connectivity index (χ2n) is 10.8. The molecule has 1 aliphatic rings. The average molecular weight is 529 g/mol. The Morgan fingerprint density at radius 1 is 0.756 bits per heavy atom. The van der Waals surface area contributed by atoms with Gasteiger partial charge in [0, 0.05) is 67.2 Å². The number of aromatic nitrogens is 3. The van der Waals surface area contributed by atoms with Gasteiger partial charge in [-0.3, -0.25) is 9.98 Å². The molecule has 0 aliphatic heterocycles. The molecule has 0 atom stereocenters. The SMILES string of the molecule is C=C/C=C(\N=CC)c1ccc2[nH]c3cc4c(cc3c2c1)CCc1cc2c(cc1-4)[nH]c1ccc(-c3ccccn3)cc12. The fourth-order valence-electron chi connectivity index (χ4n) is 6.49. The van der Waals surface area contributed by atoms with Gasteiger partial charge in [0.25, 0.3) is 0 Å². The first kappa shape index (κ1) is 23.6. The number of nitrogens with zero attached hydrogens (tertiary/aromatic N) is 2. The highest BCUT2D eigenvalue weighted by atomic mass is 14.7. The van der Waals surface area contributed by atoms with E-state index in [1.807, 2.05) is 37.5 Å². The van der Waals surface area contributed by atoms with Gasteiger partial charge in [0.2, 0.25) is 0 Å². The van der Waals surface area contributed by atoms with Crippen LogP contribution in [0.2, 0.25) is 0 Å². The van der Waals surface area contributed by atoms with Crippen LogP contribution < -0.4 is 0 Å². The predicted octanol–water partition coefficient (Wildman–Crippen LogP) is 9.40. The van der Waals surface area contributed by atoms with Crippen LogP contribution in [-0.4, -0.2) is 21.2 Å². The van der Waals surface area contributed by atoms with Crippen molar-refractivity contribution in [3.8, 4) is 22.4 Å². The Morgan fingerprint density at radius 2 is 1.41 bits per heavy atom. The summed E-state index contributed by atoms with van der Waals surface area (Å²) in [6.45, 7) is 5.80. The lowest BCUT2D eigenvalue weighted by Crippen LogP contribution is -2.04. The lowest BCUT2D eigenvalue weighted by atomic mass is 9.84. The number of aromatic amines is 2. The fraction of sp³-hybridized carbons (Fsp3) is 0.0811. The fourth-order valence-corrected chi connectivity index (χ4v) is 6.49. The van der Waals surface area contributed by atoms with Crippen LogP contribution in [0, 0.1) is 0 Å². The van der Waals surface area contributed by atoms with Crippen molar-refractivity contribution in [1.82, 2.24) is 15.0 Å². The maximum Gasteiger partial charge on any atom is 0.0702 e. The standard InChI is InChI=1S/C37H28N4/c1-3-7-32(38-4-2)24-11-13-34-28(18-24)30-16-22-9-10-23-17-31-29-19-25(33-8-5-6-15-39-33)12-14-35(29)41-37(31)21-27(23)26(22)20-36(30)40-34/h3-8,11-21,40-41H,1,9-10H2,2H3/b32-7-,38-4?. The zero-order valence-corrected chi connectivity index (χ0v) is 22.8. The van der Waals surface area contributed by atoms with Crippen molar-refractivity contribution in [3.63, 3.8) is 0 Å². The van der Waals surface area contributed by atoms with Crippen LogP contribution >= 0.6 is 0 Å². The van der Waals surface area contributed by atoms with Crippen molar-refractivity contribution in [3.05, 3.63) is 120 Å². The quantitative estimate of drug-likeness (QED) is 0.173. The number of aryl methyl sites for hydroxylation is 2. The molecule has 1 aliphatic carbocycles. The summed E-state index contributed by atoms with van der Waals surface area (Å²) in [5, 5.41) is 5.01. The minimum Gasteiger partial charge on any atom is -0.354 e. The number of rotatable bonds is 4. The van der Waals surface area contributed by atoms with E-state index in [-0.39, 0.29) is 0 Å². The molecule has 4 aromatic carbocycles. The molecule has 0 fully saturated rings. The lowest BCUT2D eigenvalue weighted by Gasteiger charge is -2.20. The van der Waals surface area contributed by atoms with Crippen molar-refractivity contribution >= 4 is 55.5 Å². The Balaban J connectivity index is 1.27. The van der Waals surface area contributed by atoms with Gasteiger partial charge in [-0.2, -0.15) is 0 Å². The summed E-state index contributed by atoms with van der Waals surface area (Å²) in [6, 6.07) is 28.7. The second-order valence-corrected chi connectivity index (χ2v) is 10.8. The minimum atomic E-state index is 0.917. The largest absolute Gasteiger partial charge is 0.354 e. The molecule has 0 amide bonds. The molecule has 8 rings (SSSR count). The molecule has 41 heavy (non-hydrogen) atoms. The van der Waals surface area contributed by atoms with Gasteiger partial charge < -0.3 is 9.97 Å². The van der Waals surface area contributed by atoms with Gasteiger partial charge in [-0.25, -0.2) is 0 Å². The molecule has 196 valence electrons. The molecule has 0 bridgehead atoms. The normalized spacial score (nSPS) is 13.4. The maximum absolute atomic E-state index is 4.56. The minimum absolute atomic E-state index is 0.917. The Labute approximate surface area is 237 Å². The van der Waals surface area contributed by atoms with Gasteiger partial charge in [-0.05, 0) is 109 Å². The van der Waals surface area contributed by atoms with Gasteiger partial charge in [0.05, 0.1) is 11.4 Å². The summed E-state index contributed by atoms with van der Waals surface area (Å²) >= 11 is 0. The van der Waals surface area contributed by atoms with Crippen molar-refractivity contribution in [2.75, 3.05) is 0 Å². The molecule has 4 nitrogen and oxygen atoms in total. The van der Waals surface area contributed by atoms with E-state index < -0.39 is 0 Å². The molecule has 2 N–H and O–H groups in total. The Hall–Kier alpha value is -5.22. The monoisotopic (exact) mass is 528 g/mol. The number of allylic oxidation sites excluding steroid dienone is 2. The highest BCUT2D eigenvalue weighted by Gasteiger charge is 2.21. The summed E-state index contributed by atoms with van der Waals surface area (Å²) in [7, 11) is 0. The van der Waals surface area contributed by atoms with E-state index in [0.29, 0.717) is 0 Å². The van der Waals surface area contributed by atoms with Crippen molar-refractivity contribution in [2.24, 2.45) is 4.99 Å². The molecule has 3 aromatic heterocycles. The van der Waals surface area contributed by atoms with E-state index in [2.05, 4.69) is 93.3 Å². The molecule has 0 saturated carbocycles. The Morgan fingerprint density at radius 3 is 2.05 bits per heavy atom. The third kappa shape index (κ3) is 3.75. The average Bonchev–Trinajstić information content (AvgIpc) is 3.55. The molecule has 0 saturated heterocycles. The number of hydrogen-bond acceptors (Lipinski definition) is 2. The van der Waals surface area contributed by atoms with Crippen LogP contribution in [0.1, 0.15) is 23.6 Å². The zero-order valence-electron chi connectivity index (χ0n) is 22.8. The van der Waals surface area contributed by atoms with Crippen LogP contribution in [-0.2, 0) is 12.8 Å². The number of aliphatic imine (C=N–C) groups is 1. The number of fused-ring (bicyclic) bond motifs is 9. The molecule has 4 heteroatoms. The van der Waals surface area contributed by atoms with Crippen LogP contribution in [0.5, 0.6) is 0 Å². The van der Waals surface area contributed by atoms with Crippen LogP contribution in [0.3, 0.4) is 0 Å². The maximum atomic E-state index is 4.56. The Kier molecular flexibility index (Phi) is 5.29. The number of H-pyrrole nitrogens is 2. The van der Waals surface area contributed by atoms with Gasteiger partial charge in [0.15, 0.2) is 0 Å².